The fourth-order valence-electron chi connectivity index (χ4n) is 4.82. The van der Waals surface area contributed by atoms with Crippen molar-refractivity contribution in [3.63, 3.8) is 0 Å². The van der Waals surface area contributed by atoms with Gasteiger partial charge in [-0.15, -0.1) is 10.2 Å². The number of halogens is 2. The van der Waals surface area contributed by atoms with Gasteiger partial charge in [0.25, 0.3) is 6.43 Å². The van der Waals surface area contributed by atoms with Crippen LogP contribution in [0.4, 0.5) is 19.4 Å². The van der Waals surface area contributed by atoms with E-state index in [2.05, 4.69) is 24.9 Å². The molecule has 0 bridgehead atoms. The lowest BCUT2D eigenvalue weighted by molar-refractivity contribution is 0.150. The van der Waals surface area contributed by atoms with E-state index in [4.69, 9.17) is 0 Å². The Balaban J connectivity index is 1.47. The number of hydrogen-bond donors (Lipinski definition) is 1. The average Bonchev–Trinajstić information content (AvgIpc) is 3.25. The first-order valence-corrected chi connectivity index (χ1v) is 14.9. The Morgan fingerprint density at radius 3 is 2.66 bits per heavy atom. The molecule has 0 radical (unpaired) electrons. The van der Waals surface area contributed by atoms with Crippen LogP contribution in [0.3, 0.4) is 0 Å². The molecular formula is C24H24F2N10O3S2. The molecule has 0 unspecified atom stereocenters. The maximum atomic E-state index is 13.4. The summed E-state index contributed by atoms with van der Waals surface area (Å²) in [6.07, 6.45) is -0.677. The summed E-state index contributed by atoms with van der Waals surface area (Å²) in [7, 11) is -0.523. The number of nitrogens with zero attached hydrogens (tertiary/aromatic N) is 9. The highest BCUT2D eigenvalue weighted by atomic mass is 32.2. The van der Waals surface area contributed by atoms with Crippen LogP contribution < -0.4 is 9.62 Å². The van der Waals surface area contributed by atoms with E-state index in [-0.39, 0.29) is 16.1 Å². The average molecular weight is 603 g/mol. The molecule has 1 aromatic carbocycles. The summed E-state index contributed by atoms with van der Waals surface area (Å²) in [5.41, 5.74) is -0.462. The Labute approximate surface area is 237 Å². The van der Waals surface area contributed by atoms with Gasteiger partial charge in [-0.25, -0.2) is 32.0 Å². The second-order valence-electron chi connectivity index (χ2n) is 10.0. The Hall–Kier alpha value is -4.01. The van der Waals surface area contributed by atoms with Gasteiger partial charge in [0.2, 0.25) is 15.2 Å². The van der Waals surface area contributed by atoms with Crippen LogP contribution in [0.1, 0.15) is 24.3 Å². The van der Waals surface area contributed by atoms with Gasteiger partial charge in [-0.05, 0) is 25.0 Å². The van der Waals surface area contributed by atoms with Gasteiger partial charge in [-0.1, -0.05) is 17.4 Å². The lowest BCUT2D eigenvalue weighted by Crippen LogP contribution is -2.36. The van der Waals surface area contributed by atoms with Gasteiger partial charge in [0.1, 0.15) is 17.7 Å². The van der Waals surface area contributed by atoms with Gasteiger partial charge in [-0.2, -0.15) is 9.98 Å². The Kier molecular flexibility index (Phi) is 6.51. The highest BCUT2D eigenvalue weighted by Crippen LogP contribution is 2.39. The molecule has 1 saturated carbocycles. The third-order valence-electron chi connectivity index (χ3n) is 7.28. The van der Waals surface area contributed by atoms with Gasteiger partial charge >= 0.3 is 6.03 Å². The van der Waals surface area contributed by atoms with Crippen molar-refractivity contribution in [1.82, 2.24) is 39.3 Å². The Bertz CT molecular complexity index is 1830. The van der Waals surface area contributed by atoms with Crippen LogP contribution in [0.15, 0.2) is 29.4 Å². The molecule has 1 N–H and O–H groups in total. The number of nitriles is 1. The maximum absolute atomic E-state index is 13.4. The molecule has 2 aliphatic rings. The monoisotopic (exact) mass is 602 g/mol. The SMILES string of the molecule is CN1CCN(CCN(C)c2ncnc3c2c2ccc(S(=O)(=O)NC4(C#N)CC4)cc2n3-c2nnc(C(F)F)s2)C1=O. The number of rotatable bonds is 9. The van der Waals surface area contributed by atoms with Crippen LogP contribution in [0.25, 0.3) is 27.1 Å². The number of urea groups is 1. The largest absolute Gasteiger partial charge is 0.357 e. The highest BCUT2D eigenvalue weighted by Gasteiger charge is 2.47. The molecule has 13 nitrogen and oxygen atoms in total. The Morgan fingerprint density at radius 2 is 2.02 bits per heavy atom. The first-order valence-electron chi connectivity index (χ1n) is 12.6. The predicted octanol–water partition coefficient (Wildman–Crippen LogP) is 2.50. The number of sulfonamides is 1. The van der Waals surface area contributed by atoms with Crippen molar-refractivity contribution in [3.05, 3.63) is 29.5 Å². The van der Waals surface area contributed by atoms with Crippen LogP contribution in [-0.4, -0.2) is 94.8 Å². The summed E-state index contributed by atoms with van der Waals surface area (Å²) >= 11 is 0.667. The zero-order chi connectivity index (χ0) is 29.1. The molecule has 6 rings (SSSR count). The first kappa shape index (κ1) is 27.2. The first-order chi connectivity index (χ1) is 19.5. The Morgan fingerprint density at radius 1 is 1.24 bits per heavy atom. The van der Waals surface area contributed by atoms with Gasteiger partial charge in [0.15, 0.2) is 10.7 Å². The molecule has 3 aromatic heterocycles. The molecule has 1 aliphatic carbocycles. The number of aromatic nitrogens is 5. The summed E-state index contributed by atoms with van der Waals surface area (Å²) < 4.78 is 57.2. The standard InChI is InChI=1S/C24H24F2N10O3S2/c1-33(7-9-35-10-8-34(2)23(35)37)19-17-15-4-3-14(41(38,39)32-24(12-27)5-6-24)11-16(15)36(20(17)29-13-28-19)22-31-30-21(40-22)18(25)26/h3-4,11,13,18,32H,5-10H2,1-2H3. The zero-order valence-electron chi connectivity index (χ0n) is 22.0. The number of nitrogens with one attached hydrogen (secondary N) is 1. The normalized spacial score (nSPS) is 16.7. The molecule has 17 heteroatoms. The maximum Gasteiger partial charge on any atom is 0.319 e. The van der Waals surface area contributed by atoms with Crippen LogP contribution in [0.2, 0.25) is 0 Å². The number of carbonyl (C=O) groups is 1. The second-order valence-corrected chi connectivity index (χ2v) is 12.7. The fourth-order valence-corrected chi connectivity index (χ4v) is 6.93. The number of fused-ring (bicyclic) bond motifs is 3. The second kappa shape index (κ2) is 9.82. The number of hydrogen-bond acceptors (Lipinski definition) is 10. The molecule has 0 atom stereocenters. The number of benzene rings is 1. The minimum atomic E-state index is -4.08. The summed E-state index contributed by atoms with van der Waals surface area (Å²) in [6.45, 7) is 2.15. The molecule has 2 amide bonds. The quantitative estimate of drug-likeness (QED) is 0.304. The topological polar surface area (TPSA) is 153 Å². The molecule has 214 valence electrons. The minimum Gasteiger partial charge on any atom is -0.357 e. The van der Waals surface area contributed by atoms with Crippen molar-refractivity contribution in [2.75, 3.05) is 45.2 Å². The third kappa shape index (κ3) is 4.71. The van der Waals surface area contributed by atoms with Crippen LogP contribution in [-0.2, 0) is 10.0 Å². The van der Waals surface area contributed by atoms with Crippen molar-refractivity contribution < 1.29 is 22.0 Å². The number of carbonyl (C=O) groups excluding carboxylic acids is 1. The lowest BCUT2D eigenvalue weighted by atomic mass is 10.2. The number of likely N-dealkylation sites (N-methyl/N-ethyl adjacent to an activating group) is 2. The summed E-state index contributed by atoms with van der Waals surface area (Å²) in [4.78, 5) is 26.4. The van der Waals surface area contributed by atoms with E-state index in [9.17, 15) is 27.3 Å². The lowest BCUT2D eigenvalue weighted by Gasteiger charge is -2.23. The van der Waals surface area contributed by atoms with Crippen LogP contribution >= 0.6 is 11.3 Å². The molecule has 1 saturated heterocycles. The number of amides is 2. The van der Waals surface area contributed by atoms with E-state index in [1.807, 2.05) is 18.0 Å². The fraction of sp³-hybridized carbons (Fsp3) is 0.417. The highest BCUT2D eigenvalue weighted by molar-refractivity contribution is 7.89. The van der Waals surface area contributed by atoms with Crippen molar-refractivity contribution in [2.24, 2.45) is 0 Å². The molecule has 0 spiro atoms. The van der Waals surface area contributed by atoms with Crippen LogP contribution in [0, 0.1) is 11.3 Å². The van der Waals surface area contributed by atoms with Gasteiger partial charge in [0.05, 0.1) is 21.9 Å². The van der Waals surface area contributed by atoms with E-state index < -0.39 is 27.0 Å². The summed E-state index contributed by atoms with van der Waals surface area (Å²) in [5.74, 6) is 0.507. The number of anilines is 1. The van der Waals surface area contributed by atoms with Gasteiger partial charge in [0, 0.05) is 45.7 Å². The molecule has 2 fully saturated rings. The van der Waals surface area contributed by atoms with Gasteiger partial charge < -0.3 is 14.7 Å². The summed E-state index contributed by atoms with van der Waals surface area (Å²) in [6, 6.07) is 6.38. The van der Waals surface area contributed by atoms with E-state index in [0.717, 1.165) is 0 Å². The molecular weight excluding hydrogens is 578 g/mol. The number of alkyl halides is 2. The molecule has 41 heavy (non-hydrogen) atoms. The van der Waals surface area contributed by atoms with Crippen molar-refractivity contribution in [1.29, 1.82) is 5.26 Å². The van der Waals surface area contributed by atoms with E-state index in [0.29, 0.717) is 78.1 Å². The minimum absolute atomic E-state index is 0.0549. The zero-order valence-corrected chi connectivity index (χ0v) is 23.6. The summed E-state index contributed by atoms with van der Waals surface area (Å²) in [5, 5.41) is 17.7. The van der Waals surface area contributed by atoms with E-state index in [1.54, 1.807) is 22.9 Å². The molecule has 4 heterocycles. The molecule has 1 aliphatic heterocycles. The van der Waals surface area contributed by atoms with Crippen molar-refractivity contribution in [2.45, 2.75) is 29.7 Å². The van der Waals surface area contributed by atoms with Crippen LogP contribution in [0.5, 0.6) is 0 Å². The van der Waals surface area contributed by atoms with E-state index in [1.165, 1.54) is 23.0 Å². The van der Waals surface area contributed by atoms with Crippen molar-refractivity contribution >= 4 is 55.1 Å². The smallest absolute Gasteiger partial charge is 0.319 e. The third-order valence-corrected chi connectivity index (χ3v) is 9.73. The van der Waals surface area contributed by atoms with Crippen molar-refractivity contribution in [3.8, 4) is 11.2 Å². The molecule has 4 aromatic rings. The van der Waals surface area contributed by atoms with E-state index >= 15 is 0 Å². The van der Waals surface area contributed by atoms with Gasteiger partial charge in [-0.3, -0.25) is 4.57 Å². The predicted molar refractivity (Wildman–Crippen MR) is 146 cm³/mol.